The van der Waals surface area contributed by atoms with Crippen LogP contribution < -0.4 is 5.32 Å². The van der Waals surface area contributed by atoms with Crippen LogP contribution in [-0.2, 0) is 6.54 Å². The second-order valence-corrected chi connectivity index (χ2v) is 5.98. The molecule has 6 nitrogen and oxygen atoms in total. The van der Waals surface area contributed by atoms with Gasteiger partial charge in [-0.1, -0.05) is 42.5 Å². The molecule has 2 N–H and O–H groups in total. The molecule has 1 aromatic heterocycles. The maximum absolute atomic E-state index is 10.8. The Balaban J connectivity index is 0.000000188. The van der Waals surface area contributed by atoms with E-state index in [1.807, 2.05) is 30.5 Å². The van der Waals surface area contributed by atoms with Crippen molar-refractivity contribution in [3.63, 3.8) is 0 Å². The maximum atomic E-state index is 10.8. The number of aromatic hydroxyl groups is 1. The monoisotopic (exact) mass is 373 g/mol. The third-order valence-electron chi connectivity index (χ3n) is 4.05. The summed E-state index contributed by atoms with van der Waals surface area (Å²) in [6.07, 6.45) is 1.81. The van der Waals surface area contributed by atoms with Gasteiger partial charge in [-0.3, -0.25) is 15.1 Å². The van der Waals surface area contributed by atoms with Crippen LogP contribution in [0.1, 0.15) is 5.56 Å². The first-order valence-corrected chi connectivity index (χ1v) is 8.68. The molecule has 1 heterocycles. The number of phenols is 1. The van der Waals surface area contributed by atoms with E-state index in [9.17, 15) is 10.1 Å². The smallest absolute Gasteiger partial charge is 0.274 e. The molecule has 0 radical (unpaired) electrons. The molecule has 0 aliphatic heterocycles. The van der Waals surface area contributed by atoms with E-state index in [0.29, 0.717) is 12.1 Å². The zero-order valence-corrected chi connectivity index (χ0v) is 15.0. The van der Waals surface area contributed by atoms with Crippen molar-refractivity contribution in [2.75, 3.05) is 5.32 Å². The molecule has 0 bridgehead atoms. The van der Waals surface area contributed by atoms with Gasteiger partial charge in [0, 0.05) is 35.4 Å². The Morgan fingerprint density at radius 1 is 0.893 bits per heavy atom. The Kier molecular flexibility index (Phi) is 6.15. The molecule has 0 fully saturated rings. The van der Waals surface area contributed by atoms with Crippen LogP contribution in [0.3, 0.4) is 0 Å². The van der Waals surface area contributed by atoms with Gasteiger partial charge in [0.1, 0.15) is 5.75 Å². The predicted octanol–water partition coefficient (Wildman–Crippen LogP) is 5.15. The molecule has 0 saturated carbocycles. The molecule has 4 rings (SSSR count). The van der Waals surface area contributed by atoms with Crippen LogP contribution in [0.5, 0.6) is 5.75 Å². The fraction of sp³-hybridized carbons (Fsp3) is 0.0455. The summed E-state index contributed by atoms with van der Waals surface area (Å²) in [6.45, 7) is 0.363. The summed E-state index contributed by atoms with van der Waals surface area (Å²) in [5, 5.41) is 24.2. The van der Waals surface area contributed by atoms with Crippen molar-refractivity contribution < 1.29 is 10.0 Å². The molecule has 28 heavy (non-hydrogen) atoms. The number of phenolic OH excluding ortho intramolecular Hbond substituents is 1. The van der Waals surface area contributed by atoms with Crippen molar-refractivity contribution in [3.05, 3.63) is 107 Å². The molecule has 4 aromatic rings. The number of benzene rings is 3. The van der Waals surface area contributed by atoms with Gasteiger partial charge in [-0.05, 0) is 36.4 Å². The number of para-hydroxylation sites is 2. The maximum Gasteiger partial charge on any atom is 0.274 e. The number of nitrogens with one attached hydrogen (secondary N) is 1. The molecule has 0 aliphatic rings. The zero-order chi connectivity index (χ0) is 19.8. The standard InChI is InChI=1S/C13H12N2O3.C9H7N/c16-12-7-5-11(6-8-12)14-9-10-3-1-2-4-13(10)15(17)18;1-2-6-9-8(4-1)5-3-7-10-9/h1-8,14,16H,9H2;1-7H. The van der Waals surface area contributed by atoms with Gasteiger partial charge >= 0.3 is 0 Å². The van der Waals surface area contributed by atoms with Crippen molar-refractivity contribution in [2.45, 2.75) is 6.54 Å². The minimum absolute atomic E-state index is 0.101. The van der Waals surface area contributed by atoms with Gasteiger partial charge in [0.05, 0.1) is 10.4 Å². The third-order valence-corrected chi connectivity index (χ3v) is 4.05. The van der Waals surface area contributed by atoms with Crippen molar-refractivity contribution >= 4 is 22.3 Å². The van der Waals surface area contributed by atoms with Crippen LogP contribution in [0, 0.1) is 10.1 Å². The Hall–Kier alpha value is -3.93. The summed E-state index contributed by atoms with van der Waals surface area (Å²) < 4.78 is 0. The second-order valence-electron chi connectivity index (χ2n) is 5.98. The predicted molar refractivity (Wildman–Crippen MR) is 110 cm³/mol. The minimum atomic E-state index is -0.395. The van der Waals surface area contributed by atoms with Crippen molar-refractivity contribution in [3.8, 4) is 5.75 Å². The average molecular weight is 373 g/mol. The second kappa shape index (κ2) is 9.14. The molecule has 0 saturated heterocycles. The molecule has 0 spiro atoms. The molecular weight excluding hydrogens is 354 g/mol. The topological polar surface area (TPSA) is 88.3 Å². The van der Waals surface area contributed by atoms with Crippen molar-refractivity contribution in [1.82, 2.24) is 4.98 Å². The lowest BCUT2D eigenvalue weighted by Gasteiger charge is -2.07. The van der Waals surface area contributed by atoms with Crippen LogP contribution >= 0.6 is 0 Å². The molecule has 0 aliphatic carbocycles. The van der Waals surface area contributed by atoms with Crippen molar-refractivity contribution in [2.24, 2.45) is 0 Å². The first-order valence-electron chi connectivity index (χ1n) is 8.68. The van der Waals surface area contributed by atoms with Gasteiger partial charge in [-0.2, -0.15) is 0 Å². The lowest BCUT2D eigenvalue weighted by molar-refractivity contribution is -0.385. The van der Waals surface area contributed by atoms with E-state index in [4.69, 9.17) is 5.11 Å². The molecule has 0 atom stereocenters. The summed E-state index contributed by atoms with van der Waals surface area (Å²) in [5.74, 6) is 0.186. The SMILES string of the molecule is O=[N+]([O-])c1ccccc1CNc1ccc(O)cc1.c1ccc2ncccc2c1. The van der Waals surface area contributed by atoms with E-state index < -0.39 is 4.92 Å². The van der Waals surface area contributed by atoms with Gasteiger partial charge in [0.25, 0.3) is 5.69 Å². The zero-order valence-electron chi connectivity index (χ0n) is 15.0. The van der Waals surface area contributed by atoms with Gasteiger partial charge in [-0.15, -0.1) is 0 Å². The number of hydrogen-bond donors (Lipinski definition) is 2. The van der Waals surface area contributed by atoms with E-state index in [2.05, 4.69) is 22.4 Å². The number of nitro benzene ring substituents is 1. The van der Waals surface area contributed by atoms with Crippen LogP contribution in [0.25, 0.3) is 10.9 Å². The molecule has 3 aromatic carbocycles. The van der Waals surface area contributed by atoms with E-state index in [0.717, 1.165) is 11.2 Å². The van der Waals surface area contributed by atoms with Crippen LogP contribution in [0.2, 0.25) is 0 Å². The minimum Gasteiger partial charge on any atom is -0.508 e. The number of nitro groups is 1. The highest BCUT2D eigenvalue weighted by atomic mass is 16.6. The summed E-state index contributed by atoms with van der Waals surface area (Å²) in [7, 11) is 0. The van der Waals surface area contributed by atoms with Gasteiger partial charge in [-0.25, -0.2) is 0 Å². The number of fused-ring (bicyclic) bond motifs is 1. The Labute approximate surface area is 162 Å². The first-order chi connectivity index (χ1) is 13.6. The van der Waals surface area contributed by atoms with Gasteiger partial charge in [0.2, 0.25) is 0 Å². The quantitative estimate of drug-likeness (QED) is 0.293. The molecule has 0 amide bonds. The van der Waals surface area contributed by atoms with E-state index >= 15 is 0 Å². The summed E-state index contributed by atoms with van der Waals surface area (Å²) in [4.78, 5) is 14.6. The molecule has 0 unspecified atom stereocenters. The number of anilines is 1. The molecule has 6 heteroatoms. The van der Waals surface area contributed by atoms with E-state index in [1.165, 1.54) is 11.5 Å². The van der Waals surface area contributed by atoms with E-state index in [-0.39, 0.29) is 11.4 Å². The normalized spacial score (nSPS) is 10.0. The third kappa shape index (κ3) is 5.04. The number of nitrogens with zero attached hydrogens (tertiary/aromatic N) is 2. The first kappa shape index (κ1) is 18.8. The molecular formula is C22H19N3O3. The largest absolute Gasteiger partial charge is 0.508 e. The highest BCUT2D eigenvalue weighted by Crippen LogP contribution is 2.20. The Bertz CT molecular complexity index is 1000. The van der Waals surface area contributed by atoms with Crippen LogP contribution in [0.15, 0.2) is 91.1 Å². The average Bonchev–Trinajstić information content (AvgIpc) is 2.74. The number of hydrogen-bond acceptors (Lipinski definition) is 5. The van der Waals surface area contributed by atoms with Gasteiger partial charge < -0.3 is 10.4 Å². The summed E-state index contributed by atoms with van der Waals surface area (Å²) in [6, 6.07) is 25.2. The fourth-order valence-corrected chi connectivity index (χ4v) is 2.63. The van der Waals surface area contributed by atoms with Gasteiger partial charge in [0.15, 0.2) is 0 Å². The van der Waals surface area contributed by atoms with Crippen molar-refractivity contribution in [1.29, 1.82) is 0 Å². The molecule has 140 valence electrons. The highest BCUT2D eigenvalue weighted by Gasteiger charge is 2.11. The summed E-state index contributed by atoms with van der Waals surface area (Å²) in [5.41, 5.74) is 2.58. The lowest BCUT2D eigenvalue weighted by atomic mass is 10.2. The highest BCUT2D eigenvalue weighted by molar-refractivity contribution is 5.77. The number of pyridine rings is 1. The van der Waals surface area contributed by atoms with Crippen LogP contribution in [0.4, 0.5) is 11.4 Å². The fourth-order valence-electron chi connectivity index (χ4n) is 2.63. The number of aromatic nitrogens is 1. The Morgan fingerprint density at radius 2 is 1.57 bits per heavy atom. The van der Waals surface area contributed by atoms with E-state index in [1.54, 1.807) is 42.5 Å². The summed E-state index contributed by atoms with van der Waals surface area (Å²) >= 11 is 0. The Morgan fingerprint density at radius 3 is 2.32 bits per heavy atom. The lowest BCUT2D eigenvalue weighted by Crippen LogP contribution is -2.02. The number of rotatable bonds is 4. The van der Waals surface area contributed by atoms with Crippen LogP contribution in [-0.4, -0.2) is 15.0 Å².